The molecular formula is C30H43NO9. The Morgan fingerprint density at radius 2 is 1.43 bits per heavy atom. The van der Waals surface area contributed by atoms with E-state index < -0.39 is 71.2 Å². The third-order valence-corrected chi connectivity index (χ3v) is 5.29. The van der Waals surface area contributed by atoms with Crippen molar-refractivity contribution in [1.82, 2.24) is 5.32 Å². The van der Waals surface area contributed by atoms with Crippen molar-refractivity contribution in [2.45, 2.75) is 85.7 Å². The summed E-state index contributed by atoms with van der Waals surface area (Å²) >= 11 is 0. The summed E-state index contributed by atoms with van der Waals surface area (Å²) in [5, 5.41) is 2.54. The van der Waals surface area contributed by atoms with E-state index in [-0.39, 0.29) is 13.2 Å². The van der Waals surface area contributed by atoms with E-state index >= 15 is 0 Å². The Bertz CT molecular complexity index is 1040. The van der Waals surface area contributed by atoms with Gasteiger partial charge in [0, 0.05) is 6.42 Å². The van der Waals surface area contributed by atoms with E-state index in [0.717, 1.165) is 0 Å². The Kier molecular flexibility index (Phi) is 13.0. The van der Waals surface area contributed by atoms with Crippen molar-refractivity contribution in [2.75, 3.05) is 6.61 Å². The molecule has 0 saturated carbocycles. The highest BCUT2D eigenvalue weighted by Crippen LogP contribution is 2.26. The number of carbonyl (C=O) groups excluding carboxylic acids is 5. The van der Waals surface area contributed by atoms with Crippen LogP contribution in [0.5, 0.6) is 0 Å². The van der Waals surface area contributed by atoms with Crippen LogP contribution in [0.1, 0.15) is 67.4 Å². The molecule has 1 N–H and O–H groups in total. The second kappa shape index (κ2) is 15.2. The predicted molar refractivity (Wildman–Crippen MR) is 148 cm³/mol. The number of nitrogens with one attached hydrogen (secondary N) is 1. The number of ether oxygens (including phenoxy) is 4. The minimum atomic E-state index is -1.80. The molecule has 1 rings (SSSR count). The van der Waals surface area contributed by atoms with Gasteiger partial charge in [-0.05, 0) is 53.0 Å². The molecule has 0 bridgehead atoms. The van der Waals surface area contributed by atoms with Gasteiger partial charge in [-0.15, -0.1) is 0 Å². The molecule has 222 valence electrons. The van der Waals surface area contributed by atoms with E-state index in [2.05, 4.69) is 11.9 Å². The highest BCUT2D eigenvalue weighted by atomic mass is 16.6. The Balaban J connectivity index is 3.41. The van der Waals surface area contributed by atoms with Crippen LogP contribution in [0.3, 0.4) is 0 Å². The summed E-state index contributed by atoms with van der Waals surface area (Å²) in [7, 11) is 0. The summed E-state index contributed by atoms with van der Waals surface area (Å²) in [6, 6.07) is 7.70. The Hall–Kier alpha value is -3.69. The number of rotatable bonds is 13. The molecule has 0 aliphatic heterocycles. The topological polar surface area (TPSA) is 134 Å². The van der Waals surface area contributed by atoms with Crippen molar-refractivity contribution >= 4 is 29.8 Å². The minimum Gasteiger partial charge on any atom is -0.461 e. The average Bonchev–Trinajstić information content (AvgIpc) is 2.82. The third kappa shape index (κ3) is 12.4. The van der Waals surface area contributed by atoms with Crippen molar-refractivity contribution in [1.29, 1.82) is 0 Å². The number of esters is 3. The lowest BCUT2D eigenvalue weighted by Gasteiger charge is -2.29. The molecule has 40 heavy (non-hydrogen) atoms. The lowest BCUT2D eigenvalue weighted by molar-refractivity contribution is -0.177. The molecule has 1 aromatic carbocycles. The first-order valence-corrected chi connectivity index (χ1v) is 13.2. The zero-order valence-electron chi connectivity index (χ0n) is 24.8. The summed E-state index contributed by atoms with van der Waals surface area (Å²) in [6.07, 6.45) is -0.131. The monoisotopic (exact) mass is 561 g/mol. The van der Waals surface area contributed by atoms with Crippen LogP contribution in [-0.2, 0) is 44.7 Å². The number of benzene rings is 1. The first-order chi connectivity index (χ1) is 18.4. The number of hydrogen-bond acceptors (Lipinski definition) is 9. The van der Waals surface area contributed by atoms with Gasteiger partial charge in [-0.3, -0.25) is 19.2 Å². The third-order valence-electron chi connectivity index (χ3n) is 5.29. The van der Waals surface area contributed by atoms with Gasteiger partial charge < -0.3 is 24.3 Å². The smallest absolute Gasteiger partial charge is 0.408 e. The van der Waals surface area contributed by atoms with Gasteiger partial charge in [-0.2, -0.15) is 0 Å². The van der Waals surface area contributed by atoms with Crippen molar-refractivity contribution in [3.63, 3.8) is 0 Å². The number of alkyl carbamates (subject to hydrolysis) is 1. The molecule has 10 nitrogen and oxygen atoms in total. The molecular weight excluding hydrogens is 518 g/mol. The summed E-state index contributed by atoms with van der Waals surface area (Å²) in [4.78, 5) is 65.7. The van der Waals surface area contributed by atoms with Crippen LogP contribution in [-0.4, -0.2) is 53.6 Å². The van der Waals surface area contributed by atoms with Crippen molar-refractivity contribution in [2.24, 2.45) is 17.8 Å². The molecule has 1 amide bonds. The molecule has 0 aliphatic carbocycles. The van der Waals surface area contributed by atoms with E-state index in [1.165, 1.54) is 6.08 Å². The second-order valence-electron chi connectivity index (χ2n) is 11.7. The largest absolute Gasteiger partial charge is 0.461 e. The fraction of sp³-hybridized carbons (Fsp3) is 0.567. The molecule has 0 heterocycles. The number of Topliss-reactive ketones (excluding diaryl/α,β-unsaturated/α-hetero) is 1. The Morgan fingerprint density at radius 1 is 0.850 bits per heavy atom. The van der Waals surface area contributed by atoms with E-state index in [0.29, 0.717) is 5.56 Å². The zero-order chi connectivity index (χ0) is 30.7. The summed E-state index contributed by atoms with van der Waals surface area (Å²) in [6.45, 7) is 16.3. The number of hydrogen-bond donors (Lipinski definition) is 1. The normalized spacial score (nSPS) is 13.8. The maximum atomic E-state index is 13.5. The van der Waals surface area contributed by atoms with Crippen molar-refractivity contribution in [3.05, 3.63) is 48.6 Å². The van der Waals surface area contributed by atoms with Gasteiger partial charge in [0.2, 0.25) is 0 Å². The van der Waals surface area contributed by atoms with E-state index in [9.17, 15) is 24.0 Å². The Morgan fingerprint density at radius 3 is 1.93 bits per heavy atom. The maximum absolute atomic E-state index is 13.5. The lowest BCUT2D eigenvalue weighted by atomic mass is 9.84. The van der Waals surface area contributed by atoms with Gasteiger partial charge in [0.1, 0.15) is 24.4 Å². The van der Waals surface area contributed by atoms with Crippen LogP contribution in [0.15, 0.2) is 43.0 Å². The second-order valence-corrected chi connectivity index (χ2v) is 11.7. The van der Waals surface area contributed by atoms with Crippen molar-refractivity contribution in [3.8, 4) is 0 Å². The molecule has 1 aromatic rings. The number of ketones is 1. The predicted octanol–water partition coefficient (Wildman–Crippen LogP) is 4.54. The molecule has 1 unspecified atom stereocenters. The quantitative estimate of drug-likeness (QED) is 0.159. The molecule has 10 heteroatoms. The van der Waals surface area contributed by atoms with Crippen LogP contribution >= 0.6 is 0 Å². The van der Waals surface area contributed by atoms with Crippen LogP contribution < -0.4 is 5.32 Å². The fourth-order valence-corrected chi connectivity index (χ4v) is 3.59. The first kappa shape index (κ1) is 34.3. The number of carbonyl (C=O) groups is 5. The van der Waals surface area contributed by atoms with Crippen LogP contribution in [0.25, 0.3) is 0 Å². The maximum Gasteiger partial charge on any atom is 0.408 e. The first-order valence-electron chi connectivity index (χ1n) is 13.2. The summed E-state index contributed by atoms with van der Waals surface area (Å²) in [5.41, 5.74) is -1.15. The molecule has 0 aliphatic rings. The molecule has 3 atom stereocenters. The van der Waals surface area contributed by atoms with Gasteiger partial charge in [0.15, 0.2) is 11.7 Å². The average molecular weight is 562 g/mol. The van der Waals surface area contributed by atoms with Gasteiger partial charge in [0.05, 0.1) is 12.0 Å². The Labute approximate surface area is 236 Å². The summed E-state index contributed by atoms with van der Waals surface area (Å²) < 4.78 is 21.3. The van der Waals surface area contributed by atoms with E-state index in [4.69, 9.17) is 18.9 Å². The summed E-state index contributed by atoms with van der Waals surface area (Å²) in [5.74, 6) is -7.49. The standard InChI is InChI=1S/C30H43NO9/c1-10-16-37-26(34)23(27(35)39-29(4,5)6)21(25(33)38-18-20-14-12-11-13-15-20)17-22(32)24(19(2)3)31-28(36)40-30(7,8)9/h10-15,19,21,23-24H,1,16-18H2,2-9H3,(H,31,36)/t21-,23?,24-/m0/s1. The SMILES string of the molecule is C=CCOC(=O)C(C(=O)OC(C)(C)C)[C@H](CC(=O)[C@@H](NC(=O)OC(C)(C)C)C(C)C)C(=O)OCc1ccccc1. The van der Waals surface area contributed by atoms with Crippen LogP contribution in [0, 0.1) is 17.8 Å². The molecule has 0 radical (unpaired) electrons. The van der Waals surface area contributed by atoms with Crippen LogP contribution in [0.2, 0.25) is 0 Å². The number of amides is 1. The fourth-order valence-electron chi connectivity index (χ4n) is 3.59. The van der Waals surface area contributed by atoms with Gasteiger partial charge in [0.25, 0.3) is 0 Å². The van der Waals surface area contributed by atoms with E-state index in [1.807, 2.05) is 0 Å². The zero-order valence-corrected chi connectivity index (χ0v) is 24.8. The van der Waals surface area contributed by atoms with Gasteiger partial charge in [-0.25, -0.2) is 4.79 Å². The van der Waals surface area contributed by atoms with Gasteiger partial charge in [-0.1, -0.05) is 56.8 Å². The molecule has 0 saturated heterocycles. The van der Waals surface area contributed by atoms with Gasteiger partial charge >= 0.3 is 24.0 Å². The highest BCUT2D eigenvalue weighted by Gasteiger charge is 2.46. The molecule has 0 fully saturated rings. The van der Waals surface area contributed by atoms with Crippen LogP contribution in [0.4, 0.5) is 4.79 Å². The molecule has 0 aromatic heterocycles. The molecule has 0 spiro atoms. The minimum absolute atomic E-state index is 0.156. The lowest BCUT2D eigenvalue weighted by Crippen LogP contribution is -2.49. The van der Waals surface area contributed by atoms with E-state index in [1.54, 1.807) is 85.7 Å². The van der Waals surface area contributed by atoms with Crippen molar-refractivity contribution < 1.29 is 42.9 Å². The highest BCUT2D eigenvalue weighted by molar-refractivity contribution is 6.01.